The molecule has 0 aliphatic carbocycles. The number of hydrogen-bond donors (Lipinski definition) is 1. The van der Waals surface area contributed by atoms with Crippen molar-refractivity contribution < 1.29 is 22.7 Å². The minimum Gasteiger partial charge on any atom is -0.497 e. The number of amides is 2. The lowest BCUT2D eigenvalue weighted by atomic mass is 10.3. The molecule has 9 heteroatoms. The second-order valence-electron chi connectivity index (χ2n) is 6.39. The molecule has 0 aromatic heterocycles. The van der Waals surface area contributed by atoms with Crippen LogP contribution in [0.2, 0.25) is 5.02 Å². The standard InChI is InChI=1S/C19H21ClN2O5S/c1-26-15-9-14(10-16(11-15)27-2)21-19(23)22-8-7-18(12-22)28(24,25)17-5-3-13(20)4-6-17/h3-6,9-11,18H,7-8,12H2,1-2H3,(H,21,23). The van der Waals surface area contributed by atoms with Crippen molar-refractivity contribution in [3.63, 3.8) is 0 Å². The Morgan fingerprint density at radius 1 is 1.11 bits per heavy atom. The van der Waals surface area contributed by atoms with Crippen LogP contribution < -0.4 is 14.8 Å². The molecule has 1 aliphatic rings. The van der Waals surface area contributed by atoms with Crippen LogP contribution in [-0.4, -0.2) is 51.9 Å². The van der Waals surface area contributed by atoms with Crippen molar-refractivity contribution in [3.8, 4) is 11.5 Å². The molecule has 1 heterocycles. The number of hydrogen-bond acceptors (Lipinski definition) is 5. The molecule has 2 aromatic carbocycles. The Kier molecular flexibility index (Phi) is 6.00. The van der Waals surface area contributed by atoms with Gasteiger partial charge in [0.2, 0.25) is 0 Å². The number of rotatable bonds is 5. The van der Waals surface area contributed by atoms with Crippen LogP contribution in [0.25, 0.3) is 0 Å². The normalized spacial score (nSPS) is 16.7. The number of benzene rings is 2. The van der Waals surface area contributed by atoms with E-state index in [1.54, 1.807) is 30.3 Å². The zero-order valence-corrected chi connectivity index (χ0v) is 17.1. The van der Waals surface area contributed by atoms with Crippen LogP contribution in [0, 0.1) is 0 Å². The van der Waals surface area contributed by atoms with Crippen molar-refractivity contribution in [3.05, 3.63) is 47.5 Å². The van der Waals surface area contributed by atoms with Gasteiger partial charge in [0, 0.05) is 42.0 Å². The second kappa shape index (κ2) is 8.28. The van der Waals surface area contributed by atoms with Gasteiger partial charge in [-0.3, -0.25) is 0 Å². The van der Waals surface area contributed by atoms with E-state index in [0.717, 1.165) is 0 Å². The molecule has 1 unspecified atom stereocenters. The Morgan fingerprint density at radius 2 is 1.71 bits per heavy atom. The van der Waals surface area contributed by atoms with E-state index in [2.05, 4.69) is 5.32 Å². The largest absolute Gasteiger partial charge is 0.497 e. The van der Waals surface area contributed by atoms with Crippen LogP contribution in [0.5, 0.6) is 11.5 Å². The second-order valence-corrected chi connectivity index (χ2v) is 9.05. The van der Waals surface area contributed by atoms with Gasteiger partial charge in [-0.25, -0.2) is 13.2 Å². The molecule has 1 saturated heterocycles. The summed E-state index contributed by atoms with van der Waals surface area (Å²) in [4.78, 5) is 14.3. The van der Waals surface area contributed by atoms with Gasteiger partial charge < -0.3 is 19.7 Å². The van der Waals surface area contributed by atoms with E-state index < -0.39 is 15.1 Å². The molecule has 3 rings (SSSR count). The minimum absolute atomic E-state index is 0.123. The molecule has 1 atom stereocenters. The quantitative estimate of drug-likeness (QED) is 0.794. The summed E-state index contributed by atoms with van der Waals surface area (Å²) in [6, 6.07) is 10.7. The molecule has 0 radical (unpaired) electrons. The Hall–Kier alpha value is -2.45. The maximum absolute atomic E-state index is 12.8. The molecule has 0 saturated carbocycles. The molecule has 150 valence electrons. The SMILES string of the molecule is COc1cc(NC(=O)N2CCC(S(=O)(=O)c3ccc(Cl)cc3)C2)cc(OC)c1. The molecular weight excluding hydrogens is 404 g/mol. The number of anilines is 1. The molecule has 2 aromatic rings. The van der Waals surface area contributed by atoms with Crippen molar-refractivity contribution >= 4 is 33.2 Å². The maximum atomic E-state index is 12.8. The fourth-order valence-electron chi connectivity index (χ4n) is 3.06. The number of urea groups is 1. The van der Waals surface area contributed by atoms with Gasteiger partial charge >= 0.3 is 6.03 Å². The average molecular weight is 425 g/mol. The molecule has 1 aliphatic heterocycles. The summed E-state index contributed by atoms with van der Waals surface area (Å²) in [6.45, 7) is 0.475. The number of nitrogens with zero attached hydrogens (tertiary/aromatic N) is 1. The molecule has 7 nitrogen and oxygen atoms in total. The molecule has 28 heavy (non-hydrogen) atoms. The Morgan fingerprint density at radius 3 is 2.29 bits per heavy atom. The number of nitrogens with one attached hydrogen (secondary N) is 1. The molecular formula is C19H21ClN2O5S. The first-order chi connectivity index (χ1) is 13.3. The van der Waals surface area contributed by atoms with Crippen molar-refractivity contribution in [2.24, 2.45) is 0 Å². The van der Waals surface area contributed by atoms with Crippen LogP contribution >= 0.6 is 11.6 Å². The highest BCUT2D eigenvalue weighted by Gasteiger charge is 2.36. The first-order valence-electron chi connectivity index (χ1n) is 8.62. The predicted octanol–water partition coefficient (Wildman–Crippen LogP) is 3.44. The molecule has 0 spiro atoms. The Bertz CT molecular complexity index is 941. The van der Waals surface area contributed by atoms with Gasteiger partial charge in [-0.2, -0.15) is 0 Å². The third kappa shape index (κ3) is 4.34. The third-order valence-electron chi connectivity index (χ3n) is 4.62. The smallest absolute Gasteiger partial charge is 0.321 e. The summed E-state index contributed by atoms with van der Waals surface area (Å²) in [5, 5.41) is 2.59. The maximum Gasteiger partial charge on any atom is 0.321 e. The number of ether oxygens (including phenoxy) is 2. The molecule has 0 bridgehead atoms. The topological polar surface area (TPSA) is 84.9 Å². The van der Waals surface area contributed by atoms with Gasteiger partial charge in [-0.1, -0.05) is 11.6 Å². The third-order valence-corrected chi connectivity index (χ3v) is 7.06. The predicted molar refractivity (Wildman–Crippen MR) is 107 cm³/mol. The summed E-state index contributed by atoms with van der Waals surface area (Å²) in [5.74, 6) is 1.08. The van der Waals surface area contributed by atoms with E-state index >= 15 is 0 Å². The van der Waals surface area contributed by atoms with Crippen LogP contribution in [0.3, 0.4) is 0 Å². The number of sulfone groups is 1. The highest BCUT2D eigenvalue weighted by Crippen LogP contribution is 2.28. The zero-order chi connectivity index (χ0) is 20.3. The summed E-state index contributed by atoms with van der Waals surface area (Å²) in [7, 11) is -0.495. The van der Waals surface area contributed by atoms with E-state index in [1.165, 1.54) is 31.3 Å². The van der Waals surface area contributed by atoms with Gasteiger partial charge in [0.25, 0.3) is 0 Å². The van der Waals surface area contributed by atoms with Crippen LogP contribution in [0.15, 0.2) is 47.4 Å². The van der Waals surface area contributed by atoms with Gasteiger partial charge in [0.15, 0.2) is 9.84 Å². The Balaban J connectivity index is 1.70. The van der Waals surface area contributed by atoms with E-state index in [9.17, 15) is 13.2 Å². The lowest BCUT2D eigenvalue weighted by molar-refractivity contribution is 0.222. The monoisotopic (exact) mass is 424 g/mol. The Labute approximate surface area is 169 Å². The lowest BCUT2D eigenvalue weighted by Crippen LogP contribution is -2.35. The number of methoxy groups -OCH3 is 2. The minimum atomic E-state index is -3.54. The fourth-order valence-corrected chi connectivity index (χ4v) is 4.88. The average Bonchev–Trinajstić information content (AvgIpc) is 3.19. The van der Waals surface area contributed by atoms with Gasteiger partial charge in [0.1, 0.15) is 11.5 Å². The van der Waals surface area contributed by atoms with E-state index in [1.807, 2.05) is 0 Å². The first-order valence-corrected chi connectivity index (χ1v) is 10.5. The van der Waals surface area contributed by atoms with Crippen molar-refractivity contribution in [1.29, 1.82) is 0 Å². The van der Waals surface area contributed by atoms with Crippen LogP contribution in [0.1, 0.15) is 6.42 Å². The highest BCUT2D eigenvalue weighted by atomic mass is 35.5. The summed E-state index contributed by atoms with van der Waals surface area (Å²) < 4.78 is 36.0. The summed E-state index contributed by atoms with van der Waals surface area (Å²) in [5.41, 5.74) is 0.505. The number of halogens is 1. The van der Waals surface area contributed by atoms with Gasteiger partial charge in [-0.15, -0.1) is 0 Å². The van der Waals surface area contributed by atoms with E-state index in [-0.39, 0.29) is 17.5 Å². The van der Waals surface area contributed by atoms with E-state index in [0.29, 0.717) is 35.2 Å². The van der Waals surface area contributed by atoms with Crippen molar-refractivity contribution in [1.82, 2.24) is 4.90 Å². The zero-order valence-electron chi connectivity index (χ0n) is 15.5. The molecule has 1 N–H and O–H groups in total. The van der Waals surface area contributed by atoms with Crippen molar-refractivity contribution in [2.75, 3.05) is 32.6 Å². The number of carbonyl (C=O) groups excluding carboxylic acids is 1. The first kappa shape index (κ1) is 20.3. The van der Waals surface area contributed by atoms with Gasteiger partial charge in [0.05, 0.1) is 24.4 Å². The lowest BCUT2D eigenvalue weighted by Gasteiger charge is -2.18. The number of carbonyl (C=O) groups is 1. The molecule has 1 fully saturated rings. The van der Waals surface area contributed by atoms with Crippen LogP contribution in [0.4, 0.5) is 10.5 Å². The number of likely N-dealkylation sites (tertiary alicyclic amines) is 1. The summed E-state index contributed by atoms with van der Waals surface area (Å²) >= 11 is 5.83. The van der Waals surface area contributed by atoms with Gasteiger partial charge in [-0.05, 0) is 30.7 Å². The van der Waals surface area contributed by atoms with Crippen molar-refractivity contribution in [2.45, 2.75) is 16.6 Å². The molecule has 2 amide bonds. The summed E-state index contributed by atoms with van der Waals surface area (Å²) in [6.07, 6.45) is 0.375. The highest BCUT2D eigenvalue weighted by molar-refractivity contribution is 7.92. The van der Waals surface area contributed by atoms with E-state index in [4.69, 9.17) is 21.1 Å². The van der Waals surface area contributed by atoms with Crippen LogP contribution in [-0.2, 0) is 9.84 Å². The fraction of sp³-hybridized carbons (Fsp3) is 0.316.